The number of hydrogen-bond acceptors (Lipinski definition) is 5. The van der Waals surface area contributed by atoms with Crippen LogP contribution in [0.5, 0.6) is 5.75 Å². The molecule has 0 fully saturated rings. The lowest BCUT2D eigenvalue weighted by Gasteiger charge is -2.34. The highest BCUT2D eigenvalue weighted by Crippen LogP contribution is 2.49. The number of nitro benzene ring substituents is 1. The monoisotopic (exact) mass is 290 g/mol. The molecule has 2 N–H and O–H groups in total. The van der Waals surface area contributed by atoms with Gasteiger partial charge in [-0.25, -0.2) is 4.79 Å². The van der Waals surface area contributed by atoms with E-state index in [-0.39, 0.29) is 23.2 Å². The van der Waals surface area contributed by atoms with Gasteiger partial charge in [-0.05, 0) is 18.1 Å². The number of fused-ring (bicyclic) bond motifs is 3. The molecule has 0 spiro atoms. The summed E-state index contributed by atoms with van der Waals surface area (Å²) in [6.45, 7) is 0. The molecule has 7 heteroatoms. The third kappa shape index (κ3) is 2.01. The quantitative estimate of drug-likeness (QED) is 0.502. The minimum atomic E-state index is -0.996. The molecule has 1 heterocycles. The van der Waals surface area contributed by atoms with Gasteiger partial charge in [-0.3, -0.25) is 10.1 Å². The highest BCUT2D eigenvalue weighted by molar-refractivity contribution is 5.83. The van der Waals surface area contributed by atoms with Gasteiger partial charge in [0.15, 0.2) is 0 Å². The smallest absolute Gasteiger partial charge is 0.326 e. The molecule has 0 saturated heterocycles. The van der Waals surface area contributed by atoms with E-state index in [0.29, 0.717) is 12.2 Å². The number of allylic oxidation sites excluding steroid dienone is 2. The molecule has 21 heavy (non-hydrogen) atoms. The Bertz CT molecular complexity index is 655. The van der Waals surface area contributed by atoms with Crippen LogP contribution in [-0.4, -0.2) is 29.2 Å². The van der Waals surface area contributed by atoms with Crippen molar-refractivity contribution in [3.05, 3.63) is 40.0 Å². The first-order valence-electron chi connectivity index (χ1n) is 6.55. The number of carboxylic acid groups (broad SMARTS) is 1. The Morgan fingerprint density at radius 1 is 1.52 bits per heavy atom. The molecule has 0 bridgehead atoms. The molecule has 2 aliphatic rings. The van der Waals surface area contributed by atoms with Crippen LogP contribution in [0.4, 0.5) is 11.4 Å². The maximum Gasteiger partial charge on any atom is 0.326 e. The van der Waals surface area contributed by atoms with Crippen LogP contribution in [-0.2, 0) is 4.79 Å². The van der Waals surface area contributed by atoms with Crippen LogP contribution in [0.2, 0.25) is 0 Å². The molecular weight excluding hydrogens is 276 g/mol. The lowest BCUT2D eigenvalue weighted by molar-refractivity contribution is -0.384. The van der Waals surface area contributed by atoms with Crippen LogP contribution in [0.3, 0.4) is 0 Å². The topological polar surface area (TPSA) is 102 Å². The molecule has 110 valence electrons. The minimum absolute atomic E-state index is 0.137. The molecule has 0 aromatic heterocycles. The van der Waals surface area contributed by atoms with Crippen molar-refractivity contribution in [3.8, 4) is 5.75 Å². The maximum absolute atomic E-state index is 11.4. The van der Waals surface area contributed by atoms with E-state index in [0.717, 1.165) is 5.56 Å². The first kappa shape index (κ1) is 13.4. The molecule has 0 amide bonds. The second-order valence-corrected chi connectivity index (χ2v) is 5.18. The first-order chi connectivity index (χ1) is 10.0. The van der Waals surface area contributed by atoms with Crippen LogP contribution >= 0.6 is 0 Å². The maximum atomic E-state index is 11.4. The molecule has 3 rings (SSSR count). The fourth-order valence-electron chi connectivity index (χ4n) is 3.16. The molecule has 3 atom stereocenters. The fourth-order valence-corrected chi connectivity index (χ4v) is 3.16. The van der Waals surface area contributed by atoms with Crippen molar-refractivity contribution >= 4 is 17.3 Å². The molecule has 1 aliphatic carbocycles. The molecule has 3 unspecified atom stereocenters. The Morgan fingerprint density at radius 3 is 2.90 bits per heavy atom. The number of nitro groups is 1. The fraction of sp³-hybridized carbons (Fsp3) is 0.357. The number of methoxy groups -OCH3 is 1. The van der Waals surface area contributed by atoms with E-state index in [1.165, 1.54) is 13.2 Å². The number of benzene rings is 1. The number of nitrogens with zero attached hydrogens (tertiary/aromatic N) is 1. The number of rotatable bonds is 3. The zero-order chi connectivity index (χ0) is 15.1. The van der Waals surface area contributed by atoms with E-state index >= 15 is 0 Å². The van der Waals surface area contributed by atoms with Gasteiger partial charge in [0, 0.05) is 11.8 Å². The van der Waals surface area contributed by atoms with Crippen LogP contribution in [0, 0.1) is 16.0 Å². The minimum Gasteiger partial charge on any atom is -0.496 e. The van der Waals surface area contributed by atoms with Crippen LogP contribution in [0.25, 0.3) is 0 Å². The second kappa shape index (κ2) is 4.76. The summed E-state index contributed by atoms with van der Waals surface area (Å²) in [4.78, 5) is 22.2. The Balaban J connectivity index is 2.19. The molecular formula is C14H14N2O5. The summed E-state index contributed by atoms with van der Waals surface area (Å²) < 4.78 is 5.12. The van der Waals surface area contributed by atoms with Crippen molar-refractivity contribution in [1.82, 2.24) is 0 Å². The van der Waals surface area contributed by atoms with Gasteiger partial charge in [-0.15, -0.1) is 0 Å². The van der Waals surface area contributed by atoms with Crippen LogP contribution in [0.1, 0.15) is 17.9 Å². The summed E-state index contributed by atoms with van der Waals surface area (Å²) in [6.07, 6.45) is 4.48. The Hall–Kier alpha value is -2.57. The molecule has 7 nitrogen and oxygen atoms in total. The number of ether oxygens (including phenoxy) is 1. The normalized spacial score (nSPS) is 25.7. The summed E-state index contributed by atoms with van der Waals surface area (Å²) >= 11 is 0. The van der Waals surface area contributed by atoms with Crippen molar-refractivity contribution in [3.63, 3.8) is 0 Å². The number of nitrogens with one attached hydrogen (secondary N) is 1. The Morgan fingerprint density at radius 2 is 2.29 bits per heavy atom. The molecule has 1 aliphatic heterocycles. The predicted molar refractivity (Wildman–Crippen MR) is 74.7 cm³/mol. The van der Waals surface area contributed by atoms with Gasteiger partial charge < -0.3 is 15.2 Å². The lowest BCUT2D eigenvalue weighted by Crippen LogP contribution is -2.42. The summed E-state index contributed by atoms with van der Waals surface area (Å²) in [5, 5.41) is 23.4. The first-order valence-corrected chi connectivity index (χ1v) is 6.55. The van der Waals surface area contributed by atoms with E-state index in [1.807, 2.05) is 12.2 Å². The zero-order valence-corrected chi connectivity index (χ0v) is 11.3. The average Bonchev–Trinajstić information content (AvgIpc) is 2.94. The Kier molecular flexibility index (Phi) is 3.04. The molecule has 0 radical (unpaired) electrons. The van der Waals surface area contributed by atoms with Crippen molar-refractivity contribution < 1.29 is 19.6 Å². The van der Waals surface area contributed by atoms with Crippen molar-refractivity contribution in [1.29, 1.82) is 0 Å². The van der Waals surface area contributed by atoms with E-state index in [4.69, 9.17) is 4.74 Å². The van der Waals surface area contributed by atoms with Gasteiger partial charge in [-0.1, -0.05) is 12.2 Å². The second-order valence-electron chi connectivity index (χ2n) is 5.18. The molecule has 1 aromatic rings. The summed E-state index contributed by atoms with van der Waals surface area (Å²) in [6, 6.07) is 2.22. The summed E-state index contributed by atoms with van der Waals surface area (Å²) in [5.41, 5.74) is 0.840. The average molecular weight is 290 g/mol. The summed E-state index contributed by atoms with van der Waals surface area (Å²) in [7, 11) is 1.45. The summed E-state index contributed by atoms with van der Waals surface area (Å²) in [5.74, 6) is -0.877. The lowest BCUT2D eigenvalue weighted by atomic mass is 9.79. The van der Waals surface area contributed by atoms with Crippen molar-refractivity contribution in [2.75, 3.05) is 12.4 Å². The highest BCUT2D eigenvalue weighted by Gasteiger charge is 2.43. The largest absolute Gasteiger partial charge is 0.496 e. The number of carbonyl (C=O) groups is 1. The number of aliphatic carboxylic acids is 1. The number of hydrogen-bond donors (Lipinski definition) is 2. The Labute approximate surface area is 120 Å². The van der Waals surface area contributed by atoms with Crippen molar-refractivity contribution in [2.24, 2.45) is 5.92 Å². The van der Waals surface area contributed by atoms with Gasteiger partial charge in [0.1, 0.15) is 17.5 Å². The predicted octanol–water partition coefficient (Wildman–Crippen LogP) is 2.14. The van der Waals surface area contributed by atoms with E-state index in [2.05, 4.69) is 5.32 Å². The van der Waals surface area contributed by atoms with Gasteiger partial charge in [0.05, 0.1) is 18.1 Å². The standard InChI is InChI=1S/C14H14N2O5/c1-21-7-5-10-8-3-2-4-9(8)13(14(17)18)15-12(10)11(6-7)16(19)20/h2-3,5-6,8-9,13,15H,4H2,1H3,(H,17,18). The van der Waals surface area contributed by atoms with Crippen molar-refractivity contribution in [2.45, 2.75) is 18.4 Å². The van der Waals surface area contributed by atoms with E-state index in [1.54, 1.807) is 6.07 Å². The SMILES string of the molecule is COc1cc2c(c([N+](=O)[O-])c1)NC(C(=O)O)C1CC=CC21. The molecule has 0 saturated carbocycles. The van der Waals surface area contributed by atoms with Gasteiger partial charge >= 0.3 is 5.97 Å². The van der Waals surface area contributed by atoms with Crippen LogP contribution in [0.15, 0.2) is 24.3 Å². The van der Waals surface area contributed by atoms with Gasteiger partial charge in [0.2, 0.25) is 0 Å². The van der Waals surface area contributed by atoms with Gasteiger partial charge in [0.25, 0.3) is 5.69 Å². The number of anilines is 1. The highest BCUT2D eigenvalue weighted by atomic mass is 16.6. The van der Waals surface area contributed by atoms with Gasteiger partial charge in [-0.2, -0.15) is 0 Å². The van der Waals surface area contributed by atoms with Crippen LogP contribution < -0.4 is 10.1 Å². The third-order valence-corrected chi connectivity index (χ3v) is 4.12. The zero-order valence-electron chi connectivity index (χ0n) is 11.3. The molecule has 1 aromatic carbocycles. The number of carboxylic acids is 1. The third-order valence-electron chi connectivity index (χ3n) is 4.12. The van der Waals surface area contributed by atoms with E-state index in [9.17, 15) is 20.0 Å². The van der Waals surface area contributed by atoms with E-state index < -0.39 is 16.9 Å².